The van der Waals surface area contributed by atoms with Crippen molar-refractivity contribution in [2.24, 2.45) is 0 Å². The normalized spacial score (nSPS) is 14.8. The summed E-state index contributed by atoms with van der Waals surface area (Å²) in [5.74, 6) is -0.378. The lowest BCUT2D eigenvalue weighted by atomic mass is 10.2. The smallest absolute Gasteiger partial charge is 0.243 e. The number of carbonyl (C=O) groups excluding carboxylic acids is 1. The molecule has 1 atom stereocenters. The van der Waals surface area contributed by atoms with Gasteiger partial charge in [0.1, 0.15) is 4.75 Å². The van der Waals surface area contributed by atoms with Crippen LogP contribution in [0.2, 0.25) is 0 Å². The van der Waals surface area contributed by atoms with Crippen LogP contribution in [-0.4, -0.2) is 48.6 Å². The van der Waals surface area contributed by atoms with Crippen LogP contribution in [-0.2, 0) is 14.6 Å². The zero-order valence-electron chi connectivity index (χ0n) is 9.74. The fourth-order valence-corrected chi connectivity index (χ4v) is 1.99. The summed E-state index contributed by atoms with van der Waals surface area (Å²) < 4.78 is 21.5. The molecule has 0 aromatic carbocycles. The summed E-state index contributed by atoms with van der Waals surface area (Å²) >= 11 is 3.32. The van der Waals surface area contributed by atoms with Gasteiger partial charge in [-0.05, 0) is 13.8 Å². The number of sulfone groups is 1. The van der Waals surface area contributed by atoms with Gasteiger partial charge in [0.05, 0.1) is 0 Å². The predicted octanol–water partition coefficient (Wildman–Crippen LogP) is 1.05. The zero-order valence-corrected chi connectivity index (χ0v) is 12.1. The van der Waals surface area contributed by atoms with E-state index in [0.29, 0.717) is 6.54 Å². The Kier molecular flexibility index (Phi) is 4.79. The second kappa shape index (κ2) is 4.82. The molecule has 0 N–H and O–H groups in total. The first kappa shape index (κ1) is 14.9. The minimum atomic E-state index is -3.39. The van der Waals surface area contributed by atoms with Gasteiger partial charge in [-0.15, -0.1) is 0 Å². The maximum atomic E-state index is 11.9. The van der Waals surface area contributed by atoms with Crippen LogP contribution in [0.1, 0.15) is 20.8 Å². The molecule has 0 spiro atoms. The predicted molar refractivity (Wildman–Crippen MR) is 64.9 cm³/mol. The summed E-state index contributed by atoms with van der Waals surface area (Å²) in [5.41, 5.74) is 0. The average Bonchev–Trinajstić information content (AvgIpc) is 1.99. The molecular weight excluding hydrogens is 282 g/mol. The highest BCUT2D eigenvalue weighted by molar-refractivity contribution is 9.09. The van der Waals surface area contributed by atoms with Crippen molar-refractivity contribution in [2.45, 2.75) is 30.3 Å². The number of halogens is 1. The molecule has 0 bridgehead atoms. The van der Waals surface area contributed by atoms with Gasteiger partial charge >= 0.3 is 0 Å². The molecule has 0 rings (SSSR count). The fraction of sp³-hybridized carbons (Fsp3) is 0.889. The standard InChI is InChI=1S/C9H18BrNO3S/c1-7(10)6-11(4)8(12)9(2,3)15(5,13)14/h7H,6H2,1-5H3. The van der Waals surface area contributed by atoms with E-state index >= 15 is 0 Å². The van der Waals surface area contributed by atoms with Crippen molar-refractivity contribution < 1.29 is 13.2 Å². The number of amides is 1. The van der Waals surface area contributed by atoms with E-state index < -0.39 is 14.6 Å². The lowest BCUT2D eigenvalue weighted by molar-refractivity contribution is -0.131. The lowest BCUT2D eigenvalue weighted by Crippen LogP contribution is -2.49. The van der Waals surface area contributed by atoms with Crippen LogP contribution in [0.15, 0.2) is 0 Å². The van der Waals surface area contributed by atoms with Crippen molar-refractivity contribution in [2.75, 3.05) is 19.8 Å². The molecule has 0 aliphatic heterocycles. The van der Waals surface area contributed by atoms with Crippen molar-refractivity contribution in [3.8, 4) is 0 Å². The van der Waals surface area contributed by atoms with Crippen LogP contribution >= 0.6 is 15.9 Å². The highest BCUT2D eigenvalue weighted by atomic mass is 79.9. The van der Waals surface area contributed by atoms with Gasteiger partial charge in [0.2, 0.25) is 5.91 Å². The van der Waals surface area contributed by atoms with E-state index in [0.717, 1.165) is 6.26 Å². The Bertz CT molecular complexity index is 335. The Hall–Kier alpha value is -0.100. The van der Waals surface area contributed by atoms with Gasteiger partial charge in [-0.3, -0.25) is 4.79 Å². The Morgan fingerprint density at radius 3 is 2.13 bits per heavy atom. The summed E-state index contributed by atoms with van der Waals surface area (Å²) in [7, 11) is -1.78. The Morgan fingerprint density at radius 1 is 1.47 bits per heavy atom. The molecular formula is C9H18BrNO3S. The zero-order chi connectivity index (χ0) is 12.4. The van der Waals surface area contributed by atoms with Crippen molar-refractivity contribution in [3.05, 3.63) is 0 Å². The highest BCUT2D eigenvalue weighted by Crippen LogP contribution is 2.18. The first-order chi connectivity index (χ1) is 6.50. The summed E-state index contributed by atoms with van der Waals surface area (Å²) in [6, 6.07) is 0. The van der Waals surface area contributed by atoms with Crippen molar-refractivity contribution in [3.63, 3.8) is 0 Å². The lowest BCUT2D eigenvalue weighted by Gasteiger charge is -2.28. The third kappa shape index (κ3) is 3.75. The summed E-state index contributed by atoms with van der Waals surface area (Å²) in [6.45, 7) is 5.25. The van der Waals surface area contributed by atoms with Gasteiger partial charge in [-0.2, -0.15) is 0 Å². The molecule has 0 radical (unpaired) electrons. The summed E-state index contributed by atoms with van der Waals surface area (Å²) in [6.07, 6.45) is 1.08. The van der Waals surface area contributed by atoms with Crippen LogP contribution in [0.5, 0.6) is 0 Å². The number of hydrogen-bond acceptors (Lipinski definition) is 3. The molecule has 0 aliphatic rings. The summed E-state index contributed by atoms with van der Waals surface area (Å²) in [4.78, 5) is 13.4. The SMILES string of the molecule is CC(Br)CN(C)C(=O)C(C)(C)S(C)(=O)=O. The average molecular weight is 300 g/mol. The fourth-order valence-electron chi connectivity index (χ4n) is 1.08. The third-order valence-electron chi connectivity index (χ3n) is 2.31. The van der Waals surface area contributed by atoms with Crippen LogP contribution in [0.4, 0.5) is 0 Å². The maximum Gasteiger partial charge on any atom is 0.243 e. The van der Waals surface area contributed by atoms with Crippen molar-refractivity contribution >= 4 is 31.7 Å². The Morgan fingerprint density at radius 2 is 1.87 bits per heavy atom. The first-order valence-corrected chi connectivity index (χ1v) is 7.40. The highest BCUT2D eigenvalue weighted by Gasteiger charge is 2.40. The van der Waals surface area contributed by atoms with E-state index in [9.17, 15) is 13.2 Å². The van der Waals surface area contributed by atoms with Crippen LogP contribution < -0.4 is 0 Å². The number of nitrogens with zero attached hydrogens (tertiary/aromatic N) is 1. The van der Waals surface area contributed by atoms with E-state index in [4.69, 9.17) is 0 Å². The quantitative estimate of drug-likeness (QED) is 0.729. The first-order valence-electron chi connectivity index (χ1n) is 4.59. The molecule has 0 aromatic rings. The molecule has 0 heterocycles. The van der Waals surface area contributed by atoms with Gasteiger partial charge in [-0.25, -0.2) is 8.42 Å². The number of alkyl halides is 1. The minimum Gasteiger partial charge on any atom is -0.343 e. The topological polar surface area (TPSA) is 54.5 Å². The molecule has 0 aromatic heterocycles. The van der Waals surface area contributed by atoms with Crippen LogP contribution in [0.3, 0.4) is 0 Å². The molecule has 0 aliphatic carbocycles. The monoisotopic (exact) mass is 299 g/mol. The van der Waals surface area contributed by atoms with Gasteiger partial charge in [0, 0.05) is 24.7 Å². The molecule has 6 heteroatoms. The molecule has 1 unspecified atom stereocenters. The number of hydrogen-bond donors (Lipinski definition) is 0. The molecule has 0 saturated heterocycles. The minimum absolute atomic E-state index is 0.141. The second-order valence-corrected chi connectivity index (χ2v) is 8.38. The number of rotatable bonds is 4. The molecule has 1 amide bonds. The van der Waals surface area contributed by atoms with Gasteiger partial charge in [-0.1, -0.05) is 22.9 Å². The number of carbonyl (C=O) groups is 1. The largest absolute Gasteiger partial charge is 0.343 e. The van der Waals surface area contributed by atoms with Gasteiger partial charge in [0.15, 0.2) is 9.84 Å². The van der Waals surface area contributed by atoms with E-state index in [2.05, 4.69) is 15.9 Å². The van der Waals surface area contributed by atoms with E-state index in [1.54, 1.807) is 7.05 Å². The molecule has 90 valence electrons. The van der Waals surface area contributed by atoms with Gasteiger partial charge in [0.25, 0.3) is 0 Å². The molecule has 0 fully saturated rings. The third-order valence-corrected chi connectivity index (χ3v) is 4.63. The molecule has 0 saturated carbocycles. The van der Waals surface area contributed by atoms with E-state index in [1.807, 2.05) is 6.92 Å². The van der Waals surface area contributed by atoms with Gasteiger partial charge < -0.3 is 4.90 Å². The Balaban J connectivity index is 4.87. The van der Waals surface area contributed by atoms with Crippen LogP contribution in [0.25, 0.3) is 0 Å². The molecule has 4 nitrogen and oxygen atoms in total. The Labute approximate surface area is 100 Å². The maximum absolute atomic E-state index is 11.9. The van der Waals surface area contributed by atoms with Crippen molar-refractivity contribution in [1.82, 2.24) is 4.90 Å². The second-order valence-electron chi connectivity index (χ2n) is 4.25. The van der Waals surface area contributed by atoms with Crippen LogP contribution in [0, 0.1) is 0 Å². The summed E-state index contributed by atoms with van der Waals surface area (Å²) in [5, 5.41) is 0. The molecule has 15 heavy (non-hydrogen) atoms. The van der Waals surface area contributed by atoms with E-state index in [-0.39, 0.29) is 10.7 Å². The van der Waals surface area contributed by atoms with E-state index in [1.165, 1.54) is 18.7 Å². The van der Waals surface area contributed by atoms with Crippen molar-refractivity contribution in [1.29, 1.82) is 0 Å².